The molecular formula is C11H14N2O2. The van der Waals surface area contributed by atoms with Gasteiger partial charge in [-0.05, 0) is 12.5 Å². The van der Waals surface area contributed by atoms with Crippen molar-refractivity contribution in [3.8, 4) is 5.75 Å². The van der Waals surface area contributed by atoms with Gasteiger partial charge in [0.05, 0.1) is 6.04 Å². The standard InChI is InChI=1S/C11H14N2O2/c12-7-5-9(13-11(15)6-7)8-3-1-2-4-10(8)14/h1-4,7,9,14H,5-6,12H2,(H,13,15). The fraction of sp³-hybridized carbons (Fsp3) is 0.364. The molecule has 1 fully saturated rings. The first kappa shape index (κ1) is 9.98. The molecule has 1 saturated heterocycles. The van der Waals surface area contributed by atoms with Crippen LogP contribution in [0.25, 0.3) is 0 Å². The lowest BCUT2D eigenvalue weighted by Crippen LogP contribution is -2.42. The van der Waals surface area contributed by atoms with Gasteiger partial charge in [0.2, 0.25) is 5.91 Å². The third-order valence-corrected chi connectivity index (χ3v) is 2.63. The number of rotatable bonds is 1. The Morgan fingerprint density at radius 1 is 1.40 bits per heavy atom. The Balaban J connectivity index is 2.23. The minimum Gasteiger partial charge on any atom is -0.508 e. The van der Waals surface area contributed by atoms with Crippen LogP contribution >= 0.6 is 0 Å². The first-order valence-corrected chi connectivity index (χ1v) is 4.99. The zero-order valence-electron chi connectivity index (χ0n) is 8.31. The monoisotopic (exact) mass is 206 g/mol. The molecule has 1 aliphatic rings. The number of nitrogens with two attached hydrogens (primary N) is 1. The van der Waals surface area contributed by atoms with Crippen LogP contribution in [-0.2, 0) is 4.79 Å². The summed E-state index contributed by atoms with van der Waals surface area (Å²) in [6, 6.07) is 6.72. The Morgan fingerprint density at radius 2 is 2.13 bits per heavy atom. The fourth-order valence-electron chi connectivity index (χ4n) is 1.92. The molecule has 1 aromatic carbocycles. The van der Waals surface area contributed by atoms with Crippen molar-refractivity contribution in [1.29, 1.82) is 0 Å². The summed E-state index contributed by atoms with van der Waals surface area (Å²) in [7, 11) is 0. The molecule has 4 N–H and O–H groups in total. The summed E-state index contributed by atoms with van der Waals surface area (Å²) in [5.41, 5.74) is 6.50. The minimum atomic E-state index is -0.164. The molecule has 0 radical (unpaired) electrons. The van der Waals surface area contributed by atoms with Crippen molar-refractivity contribution < 1.29 is 9.90 Å². The molecule has 15 heavy (non-hydrogen) atoms. The number of phenolic OH excluding ortho intramolecular Hbond substituents is 1. The van der Waals surface area contributed by atoms with Crippen LogP contribution in [0.1, 0.15) is 24.4 Å². The van der Waals surface area contributed by atoms with Crippen molar-refractivity contribution in [2.24, 2.45) is 5.73 Å². The lowest BCUT2D eigenvalue weighted by Gasteiger charge is -2.28. The minimum absolute atomic E-state index is 0.0537. The van der Waals surface area contributed by atoms with E-state index in [0.29, 0.717) is 12.8 Å². The number of aromatic hydroxyl groups is 1. The van der Waals surface area contributed by atoms with Gasteiger partial charge in [0, 0.05) is 18.0 Å². The maximum atomic E-state index is 11.3. The summed E-state index contributed by atoms with van der Waals surface area (Å²) in [5.74, 6) is 0.152. The van der Waals surface area contributed by atoms with Crippen molar-refractivity contribution in [3.63, 3.8) is 0 Å². The molecule has 1 amide bonds. The van der Waals surface area contributed by atoms with Crippen molar-refractivity contribution >= 4 is 5.91 Å². The SMILES string of the molecule is NC1CC(=O)NC(c2ccccc2O)C1. The Hall–Kier alpha value is -1.55. The molecule has 4 nitrogen and oxygen atoms in total. The summed E-state index contributed by atoms with van der Waals surface area (Å²) in [6.45, 7) is 0. The normalized spacial score (nSPS) is 26.1. The number of nitrogens with one attached hydrogen (secondary N) is 1. The van der Waals surface area contributed by atoms with E-state index in [9.17, 15) is 9.90 Å². The highest BCUT2D eigenvalue weighted by molar-refractivity contribution is 5.78. The predicted molar refractivity (Wildman–Crippen MR) is 56.2 cm³/mol. The number of hydrogen-bond donors (Lipinski definition) is 3. The Labute approximate surface area is 88.1 Å². The summed E-state index contributed by atoms with van der Waals surface area (Å²) in [6.07, 6.45) is 1.04. The molecule has 1 aromatic rings. The van der Waals surface area contributed by atoms with E-state index < -0.39 is 0 Å². The number of hydrogen-bond acceptors (Lipinski definition) is 3. The van der Waals surface area contributed by atoms with Crippen LogP contribution in [-0.4, -0.2) is 17.1 Å². The highest BCUT2D eigenvalue weighted by atomic mass is 16.3. The number of carbonyl (C=O) groups is 1. The second kappa shape index (κ2) is 3.90. The maximum absolute atomic E-state index is 11.3. The van der Waals surface area contributed by atoms with Gasteiger partial charge in [-0.3, -0.25) is 4.79 Å². The number of amides is 1. The lowest BCUT2D eigenvalue weighted by molar-refractivity contribution is -0.123. The van der Waals surface area contributed by atoms with E-state index in [-0.39, 0.29) is 23.7 Å². The second-order valence-electron chi connectivity index (χ2n) is 3.88. The van der Waals surface area contributed by atoms with Crippen LogP contribution in [0.3, 0.4) is 0 Å². The maximum Gasteiger partial charge on any atom is 0.222 e. The van der Waals surface area contributed by atoms with E-state index >= 15 is 0 Å². The summed E-state index contributed by atoms with van der Waals surface area (Å²) >= 11 is 0. The molecule has 2 rings (SSSR count). The molecule has 1 heterocycles. The van der Waals surface area contributed by atoms with Crippen LogP contribution in [0.5, 0.6) is 5.75 Å². The number of para-hydroxylation sites is 1. The van der Waals surface area contributed by atoms with Crippen molar-refractivity contribution in [1.82, 2.24) is 5.32 Å². The molecule has 0 aromatic heterocycles. The van der Waals surface area contributed by atoms with Gasteiger partial charge in [-0.25, -0.2) is 0 Å². The van der Waals surface area contributed by atoms with Gasteiger partial charge in [0.1, 0.15) is 5.75 Å². The van der Waals surface area contributed by atoms with Crippen LogP contribution in [0.15, 0.2) is 24.3 Å². The number of phenols is 1. The molecule has 0 spiro atoms. The van der Waals surface area contributed by atoms with E-state index in [2.05, 4.69) is 5.32 Å². The quantitative estimate of drug-likeness (QED) is 0.632. The largest absolute Gasteiger partial charge is 0.508 e. The van der Waals surface area contributed by atoms with E-state index in [1.54, 1.807) is 18.2 Å². The van der Waals surface area contributed by atoms with Gasteiger partial charge in [0.15, 0.2) is 0 Å². The van der Waals surface area contributed by atoms with Crippen molar-refractivity contribution in [2.75, 3.05) is 0 Å². The fourth-order valence-corrected chi connectivity index (χ4v) is 1.92. The van der Waals surface area contributed by atoms with E-state index in [0.717, 1.165) is 5.56 Å². The summed E-state index contributed by atoms with van der Waals surface area (Å²) < 4.78 is 0. The van der Waals surface area contributed by atoms with Gasteiger partial charge in [-0.15, -0.1) is 0 Å². The molecule has 0 saturated carbocycles. The zero-order valence-corrected chi connectivity index (χ0v) is 8.31. The first-order valence-electron chi connectivity index (χ1n) is 4.99. The van der Waals surface area contributed by atoms with E-state index in [1.807, 2.05) is 6.07 Å². The van der Waals surface area contributed by atoms with Gasteiger partial charge in [0.25, 0.3) is 0 Å². The summed E-state index contributed by atoms with van der Waals surface area (Å²) in [4.78, 5) is 11.3. The molecule has 4 heteroatoms. The Morgan fingerprint density at radius 3 is 2.80 bits per heavy atom. The summed E-state index contributed by atoms with van der Waals surface area (Å²) in [5, 5.41) is 12.5. The first-order chi connectivity index (χ1) is 7.16. The lowest BCUT2D eigenvalue weighted by atomic mass is 9.93. The van der Waals surface area contributed by atoms with Crippen LogP contribution < -0.4 is 11.1 Å². The van der Waals surface area contributed by atoms with E-state index in [4.69, 9.17) is 5.73 Å². The van der Waals surface area contributed by atoms with Gasteiger partial charge in [-0.2, -0.15) is 0 Å². The zero-order chi connectivity index (χ0) is 10.8. The van der Waals surface area contributed by atoms with Crippen LogP contribution in [0, 0.1) is 0 Å². The number of carbonyl (C=O) groups excluding carboxylic acids is 1. The highest BCUT2D eigenvalue weighted by Gasteiger charge is 2.26. The smallest absolute Gasteiger partial charge is 0.222 e. The Bertz CT molecular complexity index is 379. The number of piperidine rings is 1. The molecule has 80 valence electrons. The van der Waals surface area contributed by atoms with Crippen LogP contribution in [0.4, 0.5) is 0 Å². The molecule has 1 aliphatic heterocycles. The molecule has 2 unspecified atom stereocenters. The second-order valence-corrected chi connectivity index (χ2v) is 3.88. The third kappa shape index (κ3) is 2.10. The highest BCUT2D eigenvalue weighted by Crippen LogP contribution is 2.29. The van der Waals surface area contributed by atoms with Crippen LogP contribution in [0.2, 0.25) is 0 Å². The van der Waals surface area contributed by atoms with Crippen molar-refractivity contribution in [2.45, 2.75) is 24.9 Å². The predicted octanol–water partition coefficient (Wildman–Crippen LogP) is 0.671. The average Bonchev–Trinajstić information content (AvgIpc) is 2.16. The molecule has 0 aliphatic carbocycles. The number of benzene rings is 1. The topological polar surface area (TPSA) is 75.4 Å². The van der Waals surface area contributed by atoms with Gasteiger partial charge < -0.3 is 16.2 Å². The van der Waals surface area contributed by atoms with E-state index in [1.165, 1.54) is 0 Å². The average molecular weight is 206 g/mol. The molecular weight excluding hydrogens is 192 g/mol. The Kier molecular flexibility index (Phi) is 2.60. The van der Waals surface area contributed by atoms with Crippen molar-refractivity contribution in [3.05, 3.63) is 29.8 Å². The molecule has 0 bridgehead atoms. The third-order valence-electron chi connectivity index (χ3n) is 2.63. The van der Waals surface area contributed by atoms with Gasteiger partial charge >= 0.3 is 0 Å². The molecule has 2 atom stereocenters. The van der Waals surface area contributed by atoms with Gasteiger partial charge in [-0.1, -0.05) is 18.2 Å².